The van der Waals surface area contributed by atoms with E-state index < -0.39 is 6.04 Å². The zero-order chi connectivity index (χ0) is 15.3. The average molecular weight is 266 g/mol. The molecule has 0 heterocycles. The van der Waals surface area contributed by atoms with Crippen LogP contribution >= 0.6 is 0 Å². The fourth-order valence-electron chi connectivity index (χ4n) is 1.30. The number of anilines is 1. The van der Waals surface area contributed by atoms with E-state index in [-0.39, 0.29) is 5.91 Å². The maximum Gasteiger partial charge on any atom is 0.240 e. The number of benzene rings is 1. The molecule has 1 aromatic carbocycles. The molecule has 0 saturated carbocycles. The van der Waals surface area contributed by atoms with Crippen LogP contribution in [-0.2, 0) is 11.2 Å². The molecule has 0 aromatic heterocycles. The first-order valence-electron chi connectivity index (χ1n) is 7.29. The Bertz CT molecular complexity index is 318. The van der Waals surface area contributed by atoms with Crippen molar-refractivity contribution in [2.24, 2.45) is 5.73 Å². The van der Waals surface area contributed by atoms with Crippen LogP contribution in [0.5, 0.6) is 0 Å². The highest BCUT2D eigenvalue weighted by molar-refractivity contribution is 5.94. The van der Waals surface area contributed by atoms with Crippen molar-refractivity contribution < 1.29 is 4.79 Å². The summed E-state index contributed by atoms with van der Waals surface area (Å²) in [7, 11) is 0. The van der Waals surface area contributed by atoms with E-state index in [0.29, 0.717) is 0 Å². The molecule has 3 nitrogen and oxygen atoms in total. The molecule has 3 N–H and O–H groups in total. The van der Waals surface area contributed by atoms with Crippen molar-refractivity contribution in [1.29, 1.82) is 0 Å². The summed E-state index contributed by atoms with van der Waals surface area (Å²) in [6, 6.07) is 7.40. The van der Waals surface area contributed by atoms with Crippen molar-refractivity contribution in [3.63, 3.8) is 0 Å². The molecule has 0 aliphatic heterocycles. The van der Waals surface area contributed by atoms with Gasteiger partial charge in [0, 0.05) is 5.69 Å². The molecule has 1 aromatic rings. The van der Waals surface area contributed by atoms with Crippen LogP contribution < -0.4 is 11.1 Å². The minimum Gasteiger partial charge on any atom is -0.325 e. The smallest absolute Gasteiger partial charge is 0.240 e. The summed E-state index contributed by atoms with van der Waals surface area (Å²) in [5.41, 5.74) is 7.54. The predicted octanol–water partition coefficient (Wildman–Crippen LogP) is 3.98. The van der Waals surface area contributed by atoms with E-state index in [1.54, 1.807) is 6.92 Å². The van der Waals surface area contributed by atoms with Crippen LogP contribution in [0.4, 0.5) is 5.69 Å². The van der Waals surface area contributed by atoms with Gasteiger partial charge in [0.15, 0.2) is 0 Å². The van der Waals surface area contributed by atoms with Gasteiger partial charge in [0.25, 0.3) is 0 Å². The van der Waals surface area contributed by atoms with E-state index >= 15 is 0 Å². The van der Waals surface area contributed by atoms with Crippen molar-refractivity contribution in [1.82, 2.24) is 0 Å². The molecule has 0 saturated heterocycles. The van der Waals surface area contributed by atoms with Gasteiger partial charge >= 0.3 is 0 Å². The Morgan fingerprint density at radius 2 is 1.63 bits per heavy atom. The lowest BCUT2D eigenvalue weighted by Crippen LogP contribution is -2.32. The molecule has 1 amide bonds. The lowest BCUT2D eigenvalue weighted by atomic mass is 10.1. The summed E-state index contributed by atoms with van der Waals surface area (Å²) in [5.74, 6) is -0.154. The molecule has 0 aliphatic carbocycles. The number of amides is 1. The first-order valence-corrected chi connectivity index (χ1v) is 7.29. The normalized spacial score (nSPS) is 10.3. The fourth-order valence-corrected chi connectivity index (χ4v) is 1.30. The van der Waals surface area contributed by atoms with Crippen LogP contribution in [0.15, 0.2) is 24.3 Å². The van der Waals surface area contributed by atoms with Crippen LogP contribution in [-0.4, -0.2) is 11.9 Å². The lowest BCUT2D eigenvalue weighted by molar-refractivity contribution is -0.117. The second-order valence-corrected chi connectivity index (χ2v) is 3.72. The number of hydrogen-bond acceptors (Lipinski definition) is 2. The van der Waals surface area contributed by atoms with Gasteiger partial charge in [0.1, 0.15) is 0 Å². The molecule has 110 valence electrons. The Balaban J connectivity index is 0. The summed E-state index contributed by atoms with van der Waals surface area (Å²) < 4.78 is 0. The number of carbonyl (C=O) groups excluding carboxylic acids is 1. The number of nitrogens with one attached hydrogen (secondary N) is 1. The first kappa shape index (κ1) is 20.0. The van der Waals surface area contributed by atoms with E-state index in [0.717, 1.165) is 18.5 Å². The molecule has 0 fully saturated rings. The molecule has 1 rings (SSSR count). The summed E-state index contributed by atoms with van der Waals surface area (Å²) in [6.45, 7) is 11.8. The summed E-state index contributed by atoms with van der Waals surface area (Å²) >= 11 is 0. The Morgan fingerprint density at radius 3 is 2.00 bits per heavy atom. The van der Waals surface area contributed by atoms with Gasteiger partial charge in [-0.2, -0.15) is 0 Å². The molecule has 0 spiro atoms. The van der Waals surface area contributed by atoms with Gasteiger partial charge in [0.05, 0.1) is 6.04 Å². The highest BCUT2D eigenvalue weighted by Crippen LogP contribution is 2.11. The highest BCUT2D eigenvalue weighted by atomic mass is 16.2. The fraction of sp³-hybridized carbons (Fsp3) is 0.562. The van der Waals surface area contributed by atoms with E-state index in [4.69, 9.17) is 5.73 Å². The van der Waals surface area contributed by atoms with Gasteiger partial charge in [-0.15, -0.1) is 0 Å². The van der Waals surface area contributed by atoms with Crippen LogP contribution in [0.3, 0.4) is 0 Å². The zero-order valence-electron chi connectivity index (χ0n) is 13.3. The number of carbonyl (C=O) groups is 1. The Kier molecular flexibility index (Phi) is 13.8. The molecule has 0 radical (unpaired) electrons. The molecule has 19 heavy (non-hydrogen) atoms. The Labute approximate surface area is 118 Å². The topological polar surface area (TPSA) is 55.1 Å². The number of rotatable bonds is 4. The Morgan fingerprint density at radius 1 is 1.16 bits per heavy atom. The molecule has 1 atom stereocenters. The second kappa shape index (κ2) is 13.1. The second-order valence-electron chi connectivity index (χ2n) is 3.72. The lowest BCUT2D eigenvalue weighted by Gasteiger charge is -2.08. The molecular formula is C16H30N2O. The molecule has 1 unspecified atom stereocenters. The van der Waals surface area contributed by atoms with Gasteiger partial charge in [-0.1, -0.05) is 53.2 Å². The van der Waals surface area contributed by atoms with Crippen molar-refractivity contribution in [3.05, 3.63) is 29.8 Å². The van der Waals surface area contributed by atoms with Gasteiger partial charge in [-0.3, -0.25) is 4.79 Å². The monoisotopic (exact) mass is 266 g/mol. The minimum atomic E-state index is -0.472. The summed E-state index contributed by atoms with van der Waals surface area (Å²) in [4.78, 5) is 11.3. The van der Waals surface area contributed by atoms with Gasteiger partial charge in [0.2, 0.25) is 5.91 Å². The summed E-state index contributed by atoms with van der Waals surface area (Å²) in [6.07, 6.45) is 2.20. The van der Waals surface area contributed by atoms with E-state index in [1.165, 1.54) is 5.56 Å². The maximum absolute atomic E-state index is 11.3. The maximum atomic E-state index is 11.3. The SMILES string of the molecule is CC.CC.CCCc1ccc(NC(=O)C(C)N)cc1. The van der Waals surface area contributed by atoms with Crippen molar-refractivity contribution >= 4 is 11.6 Å². The number of aryl methyl sites for hydroxylation is 1. The minimum absolute atomic E-state index is 0.154. The predicted molar refractivity (Wildman–Crippen MR) is 85.4 cm³/mol. The highest BCUT2D eigenvalue weighted by Gasteiger charge is 2.06. The number of hydrogen-bond donors (Lipinski definition) is 2. The third kappa shape index (κ3) is 9.25. The molecule has 0 aliphatic rings. The largest absolute Gasteiger partial charge is 0.325 e. The number of nitrogens with two attached hydrogens (primary N) is 1. The third-order valence-electron chi connectivity index (χ3n) is 2.17. The molecular weight excluding hydrogens is 236 g/mol. The van der Waals surface area contributed by atoms with Crippen molar-refractivity contribution in [3.8, 4) is 0 Å². The quantitative estimate of drug-likeness (QED) is 0.866. The van der Waals surface area contributed by atoms with E-state index in [9.17, 15) is 4.79 Å². The summed E-state index contributed by atoms with van der Waals surface area (Å²) in [5, 5.41) is 2.75. The van der Waals surface area contributed by atoms with E-state index in [1.807, 2.05) is 52.0 Å². The zero-order valence-corrected chi connectivity index (χ0v) is 13.3. The van der Waals surface area contributed by atoms with Crippen LogP contribution in [0, 0.1) is 0 Å². The Hall–Kier alpha value is -1.35. The third-order valence-corrected chi connectivity index (χ3v) is 2.17. The van der Waals surface area contributed by atoms with Crippen LogP contribution in [0.1, 0.15) is 53.5 Å². The van der Waals surface area contributed by atoms with Crippen LogP contribution in [0.25, 0.3) is 0 Å². The van der Waals surface area contributed by atoms with Crippen molar-refractivity contribution in [2.45, 2.75) is 60.4 Å². The average Bonchev–Trinajstić information content (AvgIpc) is 2.45. The first-order chi connectivity index (χ1) is 9.13. The van der Waals surface area contributed by atoms with Gasteiger partial charge in [-0.05, 0) is 31.0 Å². The molecule has 3 heteroatoms. The van der Waals surface area contributed by atoms with Crippen LogP contribution in [0.2, 0.25) is 0 Å². The van der Waals surface area contributed by atoms with Crippen molar-refractivity contribution in [2.75, 3.05) is 5.32 Å². The van der Waals surface area contributed by atoms with Gasteiger partial charge < -0.3 is 11.1 Å². The standard InChI is InChI=1S/C12H18N2O.2C2H6/c1-3-4-10-5-7-11(8-6-10)14-12(15)9(2)13;2*1-2/h5-9H,3-4,13H2,1-2H3,(H,14,15);2*1-2H3. The molecule has 0 bridgehead atoms. The van der Waals surface area contributed by atoms with Gasteiger partial charge in [-0.25, -0.2) is 0 Å². The van der Waals surface area contributed by atoms with E-state index in [2.05, 4.69) is 12.2 Å².